The van der Waals surface area contributed by atoms with Crippen LogP contribution in [0.15, 0.2) is 42.5 Å². The van der Waals surface area contributed by atoms with E-state index in [-0.39, 0.29) is 0 Å². The number of aromatic nitrogens is 1. The Labute approximate surface area is 158 Å². The number of benzene rings is 2. The number of likely N-dealkylation sites (N-methyl/N-ethyl adjacent to an activating group) is 1. The molecule has 1 aliphatic rings. The molecule has 132 valence electrons. The second-order valence-electron chi connectivity index (χ2n) is 7.00. The van der Waals surface area contributed by atoms with Crippen LogP contribution in [0.25, 0.3) is 22.7 Å². The molecular formula is C22H21ClN2O. The van der Waals surface area contributed by atoms with Gasteiger partial charge in [0.15, 0.2) is 0 Å². The van der Waals surface area contributed by atoms with Gasteiger partial charge in [-0.05, 0) is 48.9 Å². The molecule has 0 bridgehead atoms. The first-order valence-electron chi connectivity index (χ1n) is 8.80. The Morgan fingerprint density at radius 2 is 1.92 bits per heavy atom. The number of halogens is 1. The Bertz CT molecular complexity index is 1010. The molecule has 3 nitrogen and oxygen atoms in total. The highest BCUT2D eigenvalue weighted by Crippen LogP contribution is 2.33. The van der Waals surface area contributed by atoms with Gasteiger partial charge in [-0.1, -0.05) is 35.9 Å². The molecule has 0 unspecified atom stereocenters. The van der Waals surface area contributed by atoms with Crippen LogP contribution in [-0.2, 0) is 13.0 Å². The van der Waals surface area contributed by atoms with Gasteiger partial charge < -0.3 is 9.47 Å². The summed E-state index contributed by atoms with van der Waals surface area (Å²) in [5.41, 5.74) is 6.91. The second kappa shape index (κ2) is 6.75. The second-order valence-corrected chi connectivity index (χ2v) is 7.43. The molecule has 26 heavy (non-hydrogen) atoms. The quantitative estimate of drug-likeness (QED) is 0.603. The summed E-state index contributed by atoms with van der Waals surface area (Å²) in [6, 6.07) is 13.9. The van der Waals surface area contributed by atoms with E-state index in [1.165, 1.54) is 22.2 Å². The molecule has 3 aromatic rings. The maximum Gasteiger partial charge on any atom is 0.150 e. The minimum Gasteiger partial charge on any atom is -0.320 e. The highest BCUT2D eigenvalue weighted by atomic mass is 35.5. The smallest absolute Gasteiger partial charge is 0.150 e. The first-order chi connectivity index (χ1) is 12.6. The molecule has 0 saturated carbocycles. The van der Waals surface area contributed by atoms with E-state index >= 15 is 0 Å². The summed E-state index contributed by atoms with van der Waals surface area (Å²) in [5, 5.41) is 2.01. The van der Waals surface area contributed by atoms with Crippen LogP contribution in [0, 0.1) is 0 Å². The number of rotatable bonds is 3. The van der Waals surface area contributed by atoms with Gasteiger partial charge in [-0.3, -0.25) is 4.79 Å². The summed E-state index contributed by atoms with van der Waals surface area (Å²) in [6.07, 6.45) is 4.10. The number of hydrogen-bond donors (Lipinski definition) is 0. The normalized spacial score (nSPS) is 15.3. The van der Waals surface area contributed by atoms with Gasteiger partial charge in [-0.2, -0.15) is 0 Å². The number of nitrogens with zero attached hydrogens (tertiary/aromatic N) is 2. The first kappa shape index (κ1) is 17.1. The maximum atomic E-state index is 10.9. The highest BCUT2D eigenvalue weighted by Gasteiger charge is 2.22. The molecule has 0 aliphatic carbocycles. The maximum absolute atomic E-state index is 10.9. The summed E-state index contributed by atoms with van der Waals surface area (Å²) in [5.74, 6) is 0. The fourth-order valence-electron chi connectivity index (χ4n) is 3.74. The van der Waals surface area contributed by atoms with Gasteiger partial charge in [0.25, 0.3) is 0 Å². The Morgan fingerprint density at radius 1 is 1.15 bits per heavy atom. The van der Waals surface area contributed by atoms with Gasteiger partial charge in [-0.25, -0.2) is 0 Å². The Morgan fingerprint density at radius 3 is 2.65 bits per heavy atom. The van der Waals surface area contributed by atoms with Crippen molar-refractivity contribution in [3.8, 4) is 0 Å². The number of carbonyl (C=O) groups is 1. The zero-order valence-corrected chi connectivity index (χ0v) is 15.8. The van der Waals surface area contributed by atoms with Gasteiger partial charge in [0.1, 0.15) is 6.29 Å². The molecule has 0 N–H and O–H groups in total. The van der Waals surface area contributed by atoms with E-state index in [0.717, 1.165) is 42.0 Å². The summed E-state index contributed by atoms with van der Waals surface area (Å²) in [6.45, 7) is 4.11. The zero-order chi connectivity index (χ0) is 18.3. The van der Waals surface area contributed by atoms with Gasteiger partial charge in [0.05, 0.1) is 5.52 Å². The first-order valence-corrected chi connectivity index (χ1v) is 9.18. The fraction of sp³-hybridized carbons (Fsp3) is 0.227. The van der Waals surface area contributed by atoms with Gasteiger partial charge in [-0.15, -0.1) is 0 Å². The van der Waals surface area contributed by atoms with Crippen molar-refractivity contribution in [1.29, 1.82) is 0 Å². The molecule has 0 fully saturated rings. The van der Waals surface area contributed by atoms with Crippen LogP contribution in [0.3, 0.4) is 0 Å². The van der Waals surface area contributed by atoms with Crippen LogP contribution in [0.5, 0.6) is 0 Å². The molecule has 2 heterocycles. The molecule has 0 spiro atoms. The molecule has 4 heteroatoms. The zero-order valence-electron chi connectivity index (χ0n) is 15.0. The lowest BCUT2D eigenvalue weighted by Crippen LogP contribution is -2.26. The molecule has 1 aromatic heterocycles. The van der Waals surface area contributed by atoms with Crippen molar-refractivity contribution >= 4 is 40.6 Å². The van der Waals surface area contributed by atoms with E-state index in [9.17, 15) is 4.79 Å². The number of fused-ring (bicyclic) bond motifs is 3. The third kappa shape index (κ3) is 2.98. The third-order valence-electron chi connectivity index (χ3n) is 5.17. The van der Waals surface area contributed by atoms with Crippen molar-refractivity contribution in [3.63, 3.8) is 0 Å². The van der Waals surface area contributed by atoms with Crippen LogP contribution in [-0.4, -0.2) is 29.3 Å². The van der Waals surface area contributed by atoms with E-state index < -0.39 is 0 Å². The molecule has 1 aliphatic heterocycles. The molecule has 4 rings (SSSR count). The van der Waals surface area contributed by atoms with Crippen LogP contribution in [0.4, 0.5) is 0 Å². The van der Waals surface area contributed by atoms with Crippen LogP contribution < -0.4 is 0 Å². The van der Waals surface area contributed by atoms with Crippen molar-refractivity contribution in [2.45, 2.75) is 19.9 Å². The summed E-state index contributed by atoms with van der Waals surface area (Å²) in [7, 11) is 2.16. The Kier molecular flexibility index (Phi) is 4.43. The Hall–Kier alpha value is -2.36. The monoisotopic (exact) mass is 364 g/mol. The molecule has 0 amide bonds. The molecule has 0 atom stereocenters. The van der Waals surface area contributed by atoms with Crippen LogP contribution in [0.2, 0.25) is 5.02 Å². The number of hydrogen-bond acceptors (Lipinski definition) is 2. The SMILES string of the molecule is C/C(=C\n1c2c(c3cc(Cl)ccc31)CN(C)CC2)c1ccc(C=O)cc1. The van der Waals surface area contributed by atoms with E-state index in [1.807, 2.05) is 30.3 Å². The lowest BCUT2D eigenvalue weighted by Gasteiger charge is -2.23. The van der Waals surface area contributed by atoms with E-state index in [4.69, 9.17) is 11.6 Å². The predicted molar refractivity (Wildman–Crippen MR) is 109 cm³/mol. The van der Waals surface area contributed by atoms with Crippen molar-refractivity contribution in [3.05, 3.63) is 69.9 Å². The molecule has 0 saturated heterocycles. The molecule has 2 aromatic carbocycles. The van der Waals surface area contributed by atoms with Crippen LogP contribution in [0.1, 0.15) is 34.1 Å². The van der Waals surface area contributed by atoms with E-state index in [1.54, 1.807) is 0 Å². The average Bonchev–Trinajstić information content (AvgIpc) is 2.94. The lowest BCUT2D eigenvalue weighted by atomic mass is 10.0. The summed E-state index contributed by atoms with van der Waals surface area (Å²) in [4.78, 5) is 13.2. The van der Waals surface area contributed by atoms with Gasteiger partial charge >= 0.3 is 0 Å². The summed E-state index contributed by atoms with van der Waals surface area (Å²) >= 11 is 6.27. The Balaban J connectivity index is 1.86. The minimum atomic E-state index is 0.697. The topological polar surface area (TPSA) is 25.2 Å². The predicted octanol–water partition coefficient (Wildman–Crippen LogP) is 5.11. The largest absolute Gasteiger partial charge is 0.320 e. The van der Waals surface area contributed by atoms with Crippen LogP contribution >= 0.6 is 11.6 Å². The van der Waals surface area contributed by atoms with Crippen molar-refractivity contribution in [1.82, 2.24) is 9.47 Å². The number of aldehydes is 1. The lowest BCUT2D eigenvalue weighted by molar-refractivity contribution is 0.112. The van der Waals surface area contributed by atoms with Gasteiger partial charge in [0.2, 0.25) is 0 Å². The van der Waals surface area contributed by atoms with Crippen molar-refractivity contribution < 1.29 is 4.79 Å². The number of allylic oxidation sites excluding steroid dienone is 1. The third-order valence-corrected chi connectivity index (χ3v) is 5.40. The van der Waals surface area contributed by atoms with Crippen molar-refractivity contribution in [2.24, 2.45) is 0 Å². The van der Waals surface area contributed by atoms with Gasteiger partial charge in [0, 0.05) is 47.4 Å². The fourth-order valence-corrected chi connectivity index (χ4v) is 3.91. The highest BCUT2D eigenvalue weighted by molar-refractivity contribution is 6.31. The standard InChI is InChI=1S/C22H21ClN2O/c1-15(17-5-3-16(14-26)4-6-17)12-25-21-8-7-18(23)11-19(21)20-13-24(2)10-9-22(20)25/h3-8,11-12,14H,9-10,13H2,1-2H3/b15-12+. The minimum absolute atomic E-state index is 0.697. The van der Waals surface area contributed by atoms with E-state index in [0.29, 0.717) is 5.56 Å². The summed E-state index contributed by atoms with van der Waals surface area (Å²) < 4.78 is 2.32. The van der Waals surface area contributed by atoms with Crippen molar-refractivity contribution in [2.75, 3.05) is 13.6 Å². The molecular weight excluding hydrogens is 344 g/mol. The van der Waals surface area contributed by atoms with E-state index in [2.05, 4.69) is 41.8 Å². The number of carbonyl (C=O) groups excluding carboxylic acids is 1. The average molecular weight is 365 g/mol. The molecule has 0 radical (unpaired) electrons.